The summed E-state index contributed by atoms with van der Waals surface area (Å²) in [6, 6.07) is 9.87. The number of β-amino-alcohol motifs (C(OH)–C–C–N with tert-alkyl or cyclic N) is 1. The molecule has 4 rings (SSSR count). The fraction of sp³-hybridized carbons (Fsp3) is 0.389. The van der Waals surface area contributed by atoms with E-state index < -0.39 is 0 Å². The zero-order valence-electron chi connectivity index (χ0n) is 13.3. The Bertz CT molecular complexity index is 758. The largest absolute Gasteiger partial charge is 0.488 e. The minimum absolute atomic E-state index is 0.0355. The molecule has 6 heteroatoms. The van der Waals surface area contributed by atoms with Crippen molar-refractivity contribution in [3.05, 3.63) is 40.8 Å². The number of thiophene rings is 1. The van der Waals surface area contributed by atoms with Crippen LogP contribution in [-0.4, -0.2) is 48.2 Å². The van der Waals surface area contributed by atoms with Gasteiger partial charge in [-0.15, -0.1) is 11.3 Å². The van der Waals surface area contributed by atoms with Crippen LogP contribution in [0.25, 0.3) is 10.4 Å². The lowest BCUT2D eigenvalue weighted by Gasteiger charge is -2.16. The summed E-state index contributed by atoms with van der Waals surface area (Å²) in [5.41, 5.74) is 2.14. The molecule has 2 N–H and O–H groups in total. The van der Waals surface area contributed by atoms with Gasteiger partial charge in [0, 0.05) is 42.2 Å². The number of nitrogens with one attached hydrogen (secondary N) is 1. The Labute approximate surface area is 144 Å². The number of carbonyl (C=O) groups is 1. The summed E-state index contributed by atoms with van der Waals surface area (Å²) in [5.74, 6) is 0.845. The van der Waals surface area contributed by atoms with E-state index in [4.69, 9.17) is 4.74 Å². The monoisotopic (exact) mass is 344 g/mol. The van der Waals surface area contributed by atoms with Gasteiger partial charge in [-0.3, -0.25) is 9.69 Å². The number of fused-ring (bicyclic) bond motifs is 3. The highest BCUT2D eigenvalue weighted by Crippen LogP contribution is 2.42. The van der Waals surface area contributed by atoms with Crippen LogP contribution in [0.5, 0.6) is 5.75 Å². The van der Waals surface area contributed by atoms with Gasteiger partial charge in [0.05, 0.1) is 11.0 Å². The number of amides is 1. The van der Waals surface area contributed by atoms with Crippen molar-refractivity contribution in [1.82, 2.24) is 10.2 Å². The Morgan fingerprint density at radius 2 is 2.29 bits per heavy atom. The second-order valence-electron chi connectivity index (χ2n) is 6.25. The predicted molar refractivity (Wildman–Crippen MR) is 93.5 cm³/mol. The molecule has 1 aromatic carbocycles. The first-order valence-electron chi connectivity index (χ1n) is 8.24. The number of hydrogen-bond donors (Lipinski definition) is 2. The van der Waals surface area contributed by atoms with E-state index in [9.17, 15) is 9.90 Å². The molecule has 0 aliphatic carbocycles. The first-order chi connectivity index (χ1) is 11.7. The lowest BCUT2D eigenvalue weighted by atomic mass is 10.1. The maximum absolute atomic E-state index is 12.4. The van der Waals surface area contributed by atoms with Crippen LogP contribution in [0.15, 0.2) is 30.3 Å². The third-order valence-corrected chi connectivity index (χ3v) is 5.72. The summed E-state index contributed by atoms with van der Waals surface area (Å²) in [4.78, 5) is 16.4. The zero-order valence-corrected chi connectivity index (χ0v) is 14.1. The van der Waals surface area contributed by atoms with Crippen molar-refractivity contribution in [3.63, 3.8) is 0 Å². The molecule has 2 aromatic rings. The van der Waals surface area contributed by atoms with Crippen LogP contribution in [0.1, 0.15) is 21.7 Å². The maximum atomic E-state index is 12.4. The van der Waals surface area contributed by atoms with Crippen LogP contribution in [0, 0.1) is 0 Å². The molecule has 1 fully saturated rings. The van der Waals surface area contributed by atoms with Crippen LogP contribution < -0.4 is 10.1 Å². The molecule has 0 radical (unpaired) electrons. The summed E-state index contributed by atoms with van der Waals surface area (Å²) in [6.07, 6.45) is 0.607. The van der Waals surface area contributed by atoms with E-state index in [1.807, 2.05) is 30.3 Å². The summed E-state index contributed by atoms with van der Waals surface area (Å²) < 4.78 is 5.75. The van der Waals surface area contributed by atoms with Crippen molar-refractivity contribution < 1.29 is 14.6 Å². The van der Waals surface area contributed by atoms with Crippen LogP contribution in [0.3, 0.4) is 0 Å². The number of para-hydroxylation sites is 1. The Morgan fingerprint density at radius 3 is 3.12 bits per heavy atom. The molecule has 2 aliphatic rings. The van der Waals surface area contributed by atoms with Gasteiger partial charge in [0.2, 0.25) is 0 Å². The smallest absolute Gasteiger partial charge is 0.261 e. The van der Waals surface area contributed by atoms with E-state index in [2.05, 4.69) is 10.2 Å². The van der Waals surface area contributed by atoms with Crippen molar-refractivity contribution in [3.8, 4) is 16.2 Å². The minimum Gasteiger partial charge on any atom is -0.488 e. The SMILES string of the molecule is O=C(NCCN1CC[C@H](O)C1)c1cc2c(s1)-c1ccccc1OC2. The Morgan fingerprint density at radius 1 is 1.42 bits per heavy atom. The molecule has 3 heterocycles. The number of hydrogen-bond acceptors (Lipinski definition) is 5. The molecular formula is C18H20N2O3S. The number of likely N-dealkylation sites (tertiary alicyclic amines) is 1. The highest BCUT2D eigenvalue weighted by atomic mass is 32.1. The second-order valence-corrected chi connectivity index (χ2v) is 7.30. The number of carbonyl (C=O) groups excluding carboxylic acids is 1. The van der Waals surface area contributed by atoms with Crippen molar-refractivity contribution in [2.45, 2.75) is 19.1 Å². The third kappa shape index (κ3) is 3.05. The fourth-order valence-corrected chi connectivity index (χ4v) is 4.35. The van der Waals surface area contributed by atoms with Gasteiger partial charge in [0.25, 0.3) is 5.91 Å². The molecule has 0 unspecified atom stereocenters. The van der Waals surface area contributed by atoms with Gasteiger partial charge in [0.15, 0.2) is 0 Å². The maximum Gasteiger partial charge on any atom is 0.261 e. The highest BCUT2D eigenvalue weighted by molar-refractivity contribution is 7.17. The lowest BCUT2D eigenvalue weighted by Crippen LogP contribution is -2.34. The number of aliphatic hydroxyl groups is 1. The molecule has 1 aromatic heterocycles. The van der Waals surface area contributed by atoms with Crippen molar-refractivity contribution in [2.24, 2.45) is 0 Å². The van der Waals surface area contributed by atoms with Crippen molar-refractivity contribution >= 4 is 17.2 Å². The normalized spacial score (nSPS) is 19.5. The standard InChI is InChI=1S/C18H20N2O3S/c21-13-5-7-20(10-13)8-6-19-18(22)16-9-12-11-23-15-4-2-1-3-14(15)17(12)24-16/h1-4,9,13,21H,5-8,10-11H2,(H,19,22)/t13-/m0/s1. The number of benzene rings is 1. The topological polar surface area (TPSA) is 61.8 Å². The Hall–Kier alpha value is -1.89. The summed E-state index contributed by atoms with van der Waals surface area (Å²) in [6.45, 7) is 3.50. The van der Waals surface area contributed by atoms with Crippen molar-refractivity contribution in [1.29, 1.82) is 0 Å². The molecular weight excluding hydrogens is 324 g/mol. The number of rotatable bonds is 4. The van der Waals surface area contributed by atoms with Crippen LogP contribution in [0.2, 0.25) is 0 Å². The minimum atomic E-state index is -0.218. The van der Waals surface area contributed by atoms with Gasteiger partial charge in [-0.2, -0.15) is 0 Å². The van der Waals surface area contributed by atoms with Gasteiger partial charge >= 0.3 is 0 Å². The van der Waals surface area contributed by atoms with Gasteiger partial charge in [-0.05, 0) is 24.6 Å². The van der Waals surface area contributed by atoms with E-state index in [-0.39, 0.29) is 12.0 Å². The molecule has 24 heavy (non-hydrogen) atoms. The first-order valence-corrected chi connectivity index (χ1v) is 9.06. The molecule has 126 valence electrons. The van der Waals surface area contributed by atoms with Gasteiger partial charge in [-0.1, -0.05) is 12.1 Å². The number of ether oxygens (including phenoxy) is 1. The molecule has 0 spiro atoms. The first kappa shape index (κ1) is 15.6. The molecule has 0 bridgehead atoms. The lowest BCUT2D eigenvalue weighted by molar-refractivity contribution is 0.0953. The fourth-order valence-electron chi connectivity index (χ4n) is 3.24. The van der Waals surface area contributed by atoms with E-state index in [1.54, 1.807) is 0 Å². The summed E-state index contributed by atoms with van der Waals surface area (Å²) in [5, 5.41) is 12.5. The molecule has 1 amide bonds. The van der Waals surface area contributed by atoms with E-state index in [0.717, 1.165) is 46.1 Å². The highest BCUT2D eigenvalue weighted by Gasteiger charge is 2.23. The van der Waals surface area contributed by atoms with Gasteiger partial charge in [-0.25, -0.2) is 0 Å². The predicted octanol–water partition coefficient (Wildman–Crippen LogP) is 2.10. The van der Waals surface area contributed by atoms with Crippen LogP contribution >= 0.6 is 11.3 Å². The molecule has 2 aliphatic heterocycles. The summed E-state index contributed by atoms with van der Waals surface area (Å²) in [7, 11) is 0. The molecule has 1 saturated heterocycles. The molecule has 5 nitrogen and oxygen atoms in total. The van der Waals surface area contributed by atoms with Gasteiger partial charge < -0.3 is 15.2 Å². The Kier molecular flexibility index (Phi) is 4.26. The number of aliphatic hydroxyl groups excluding tert-OH is 1. The van der Waals surface area contributed by atoms with Crippen LogP contribution in [-0.2, 0) is 6.61 Å². The number of nitrogens with zero attached hydrogens (tertiary/aromatic N) is 1. The Balaban J connectivity index is 1.41. The van der Waals surface area contributed by atoms with E-state index in [0.29, 0.717) is 19.7 Å². The molecule has 0 saturated carbocycles. The van der Waals surface area contributed by atoms with Crippen molar-refractivity contribution in [2.75, 3.05) is 26.2 Å². The zero-order chi connectivity index (χ0) is 16.5. The van der Waals surface area contributed by atoms with E-state index in [1.165, 1.54) is 11.3 Å². The quantitative estimate of drug-likeness (QED) is 0.892. The second kappa shape index (κ2) is 6.55. The summed E-state index contributed by atoms with van der Waals surface area (Å²) >= 11 is 1.52. The van der Waals surface area contributed by atoms with E-state index >= 15 is 0 Å². The third-order valence-electron chi connectivity index (χ3n) is 4.51. The van der Waals surface area contributed by atoms with Gasteiger partial charge in [0.1, 0.15) is 12.4 Å². The molecule has 1 atom stereocenters. The average Bonchev–Trinajstić information content (AvgIpc) is 3.21. The average molecular weight is 344 g/mol. The van der Waals surface area contributed by atoms with Crippen LogP contribution in [0.4, 0.5) is 0 Å².